The minimum absolute atomic E-state index is 0.415. The van der Waals surface area contributed by atoms with E-state index in [1.165, 1.54) is 0 Å². The summed E-state index contributed by atoms with van der Waals surface area (Å²) in [6.45, 7) is 4.84. The summed E-state index contributed by atoms with van der Waals surface area (Å²) in [6, 6.07) is 11.3. The Morgan fingerprint density at radius 1 is 1.17 bits per heavy atom. The lowest BCUT2D eigenvalue weighted by Crippen LogP contribution is -2.38. The predicted octanol–water partition coefficient (Wildman–Crippen LogP) is 3.71. The molecule has 3 aromatic heterocycles. The molecule has 4 aromatic rings. The van der Waals surface area contributed by atoms with E-state index in [4.69, 9.17) is 13.9 Å². The van der Waals surface area contributed by atoms with Crippen LogP contribution in [-0.4, -0.2) is 54.5 Å². The third kappa shape index (κ3) is 3.89. The molecule has 8 heteroatoms. The van der Waals surface area contributed by atoms with Crippen molar-refractivity contribution in [1.29, 1.82) is 0 Å². The van der Waals surface area contributed by atoms with Crippen molar-refractivity contribution in [2.45, 2.75) is 0 Å². The van der Waals surface area contributed by atoms with Crippen LogP contribution >= 0.6 is 11.3 Å². The van der Waals surface area contributed by atoms with Gasteiger partial charge in [-0.15, -0.1) is 11.3 Å². The molecule has 1 N–H and O–H groups in total. The molecule has 1 aliphatic heterocycles. The second-order valence-corrected chi connectivity index (χ2v) is 8.03. The molecule has 4 heterocycles. The Kier molecular flexibility index (Phi) is 5.35. The zero-order valence-corrected chi connectivity index (χ0v) is 17.1. The molecule has 0 amide bonds. The van der Waals surface area contributed by atoms with Gasteiger partial charge in [-0.05, 0) is 35.7 Å². The van der Waals surface area contributed by atoms with E-state index < -0.39 is 0 Å². The number of thiophene rings is 1. The standard InChI is InChI=1S/C22H21N3O4S/c26-24-18-12-21(19-13-22-15(14-23-19)3-10-30-22)29-20-2-1-16(11-17(18)20)28-9-6-25-4-7-27-8-5-25/h1-3,10-14,26H,4-9H2. The number of aromatic nitrogens is 1. The second kappa shape index (κ2) is 8.43. The molecule has 0 saturated carbocycles. The van der Waals surface area contributed by atoms with Gasteiger partial charge in [0.25, 0.3) is 0 Å². The molecular formula is C22H21N3O4S. The fourth-order valence-corrected chi connectivity index (χ4v) is 4.35. The maximum absolute atomic E-state index is 9.59. The third-order valence-corrected chi connectivity index (χ3v) is 6.07. The maximum atomic E-state index is 9.59. The molecule has 1 fully saturated rings. The van der Waals surface area contributed by atoms with Crippen molar-refractivity contribution >= 4 is 32.4 Å². The highest BCUT2D eigenvalue weighted by molar-refractivity contribution is 7.17. The summed E-state index contributed by atoms with van der Waals surface area (Å²) >= 11 is 1.65. The summed E-state index contributed by atoms with van der Waals surface area (Å²) < 4.78 is 18.5. The lowest BCUT2D eigenvalue weighted by Gasteiger charge is -2.26. The Balaban J connectivity index is 1.40. The van der Waals surface area contributed by atoms with Gasteiger partial charge in [0.15, 0.2) is 5.76 Å². The topological polar surface area (TPSA) is 80.3 Å². The first-order valence-electron chi connectivity index (χ1n) is 9.83. The average Bonchev–Trinajstić information content (AvgIpc) is 3.27. The van der Waals surface area contributed by atoms with Crippen molar-refractivity contribution < 1.29 is 19.1 Å². The summed E-state index contributed by atoms with van der Waals surface area (Å²) in [4.78, 5) is 6.80. The molecule has 0 bridgehead atoms. The van der Waals surface area contributed by atoms with Gasteiger partial charge in [-0.1, -0.05) is 5.16 Å². The SMILES string of the molecule is ON=c1cc(-c2cc3sccc3cn2)oc2ccc(OCCN3CCOCC3)cc12. The van der Waals surface area contributed by atoms with Crippen LogP contribution in [0.4, 0.5) is 0 Å². The minimum Gasteiger partial charge on any atom is -0.492 e. The van der Waals surface area contributed by atoms with E-state index in [-0.39, 0.29) is 0 Å². The fourth-order valence-electron chi connectivity index (χ4n) is 3.55. The molecule has 154 valence electrons. The lowest BCUT2D eigenvalue weighted by atomic mass is 10.1. The summed E-state index contributed by atoms with van der Waals surface area (Å²) in [7, 11) is 0. The van der Waals surface area contributed by atoms with Crippen LogP contribution in [0.5, 0.6) is 5.75 Å². The Labute approximate surface area is 176 Å². The van der Waals surface area contributed by atoms with E-state index in [1.807, 2.05) is 41.9 Å². The number of benzene rings is 1. The smallest absolute Gasteiger partial charge is 0.155 e. The quantitative estimate of drug-likeness (QED) is 0.389. The first-order valence-corrected chi connectivity index (χ1v) is 10.7. The van der Waals surface area contributed by atoms with Crippen molar-refractivity contribution in [3.63, 3.8) is 0 Å². The molecule has 0 spiro atoms. The molecule has 1 aromatic carbocycles. The second-order valence-electron chi connectivity index (χ2n) is 7.08. The molecule has 1 saturated heterocycles. The normalized spacial score (nSPS) is 15.8. The molecule has 0 radical (unpaired) electrons. The van der Waals surface area contributed by atoms with Crippen molar-refractivity contribution in [1.82, 2.24) is 9.88 Å². The number of ether oxygens (including phenoxy) is 2. The van der Waals surface area contributed by atoms with Crippen molar-refractivity contribution in [3.8, 4) is 17.2 Å². The van der Waals surface area contributed by atoms with Gasteiger partial charge in [-0.3, -0.25) is 9.88 Å². The highest BCUT2D eigenvalue weighted by Crippen LogP contribution is 2.27. The first kappa shape index (κ1) is 19.0. The fraction of sp³-hybridized carbons (Fsp3) is 0.273. The molecule has 30 heavy (non-hydrogen) atoms. The molecule has 1 aliphatic rings. The number of pyridine rings is 1. The van der Waals surface area contributed by atoms with Gasteiger partial charge >= 0.3 is 0 Å². The maximum Gasteiger partial charge on any atom is 0.155 e. The zero-order valence-electron chi connectivity index (χ0n) is 16.3. The number of hydrogen-bond donors (Lipinski definition) is 1. The summed E-state index contributed by atoms with van der Waals surface area (Å²) in [5, 5.41) is 17.3. The van der Waals surface area contributed by atoms with Crippen molar-refractivity contribution in [2.24, 2.45) is 5.16 Å². The zero-order chi connectivity index (χ0) is 20.3. The van der Waals surface area contributed by atoms with Gasteiger partial charge in [0, 0.05) is 42.0 Å². The monoisotopic (exact) mass is 423 g/mol. The van der Waals surface area contributed by atoms with Crippen LogP contribution in [0.3, 0.4) is 0 Å². The molecule has 7 nitrogen and oxygen atoms in total. The third-order valence-electron chi connectivity index (χ3n) is 5.19. The largest absolute Gasteiger partial charge is 0.492 e. The highest BCUT2D eigenvalue weighted by Gasteiger charge is 2.12. The summed E-state index contributed by atoms with van der Waals surface area (Å²) in [5.41, 5.74) is 1.30. The van der Waals surface area contributed by atoms with Crippen LogP contribution in [0.2, 0.25) is 0 Å². The summed E-state index contributed by atoms with van der Waals surface area (Å²) in [6.07, 6.45) is 1.82. The number of morpholine rings is 1. The van der Waals surface area contributed by atoms with Crippen LogP contribution in [-0.2, 0) is 4.74 Å². The average molecular weight is 423 g/mol. The highest BCUT2D eigenvalue weighted by atomic mass is 32.1. The number of fused-ring (bicyclic) bond motifs is 2. The Morgan fingerprint density at radius 2 is 2.07 bits per heavy atom. The van der Waals surface area contributed by atoms with Gasteiger partial charge in [-0.25, -0.2) is 0 Å². The molecular weight excluding hydrogens is 402 g/mol. The molecule has 0 unspecified atom stereocenters. The van der Waals surface area contributed by atoms with Gasteiger partial charge < -0.3 is 19.1 Å². The minimum atomic E-state index is 0.415. The Morgan fingerprint density at radius 3 is 2.93 bits per heavy atom. The van der Waals surface area contributed by atoms with Gasteiger partial charge in [0.05, 0.1) is 18.6 Å². The first-order chi connectivity index (χ1) is 14.8. The van der Waals surface area contributed by atoms with Crippen LogP contribution in [0.25, 0.3) is 32.5 Å². The van der Waals surface area contributed by atoms with E-state index in [1.54, 1.807) is 17.4 Å². The van der Waals surface area contributed by atoms with Crippen molar-refractivity contribution in [2.75, 3.05) is 39.5 Å². The van der Waals surface area contributed by atoms with Crippen LogP contribution in [0.15, 0.2) is 57.5 Å². The van der Waals surface area contributed by atoms with E-state index >= 15 is 0 Å². The predicted molar refractivity (Wildman–Crippen MR) is 115 cm³/mol. The molecule has 0 atom stereocenters. The molecule has 5 rings (SSSR count). The Bertz CT molecular complexity index is 1240. The number of rotatable bonds is 5. The van der Waals surface area contributed by atoms with E-state index in [9.17, 15) is 5.21 Å². The lowest BCUT2D eigenvalue weighted by molar-refractivity contribution is 0.0322. The van der Waals surface area contributed by atoms with E-state index in [0.717, 1.165) is 42.9 Å². The van der Waals surface area contributed by atoms with Gasteiger partial charge in [-0.2, -0.15) is 0 Å². The van der Waals surface area contributed by atoms with Gasteiger partial charge in [0.2, 0.25) is 0 Å². The Hall–Kier alpha value is -2.94. The van der Waals surface area contributed by atoms with Gasteiger partial charge in [0.1, 0.15) is 29.0 Å². The number of hydrogen-bond acceptors (Lipinski definition) is 8. The van der Waals surface area contributed by atoms with E-state index in [0.29, 0.717) is 40.1 Å². The van der Waals surface area contributed by atoms with Crippen LogP contribution < -0.4 is 10.1 Å². The van der Waals surface area contributed by atoms with Crippen molar-refractivity contribution in [3.05, 3.63) is 53.3 Å². The van der Waals surface area contributed by atoms with Crippen LogP contribution in [0.1, 0.15) is 0 Å². The van der Waals surface area contributed by atoms with Crippen LogP contribution in [0, 0.1) is 0 Å². The molecule has 0 aliphatic carbocycles. The summed E-state index contributed by atoms with van der Waals surface area (Å²) in [5.74, 6) is 1.26. The number of nitrogens with zero attached hydrogens (tertiary/aromatic N) is 3. The van der Waals surface area contributed by atoms with E-state index in [2.05, 4.69) is 15.0 Å².